The highest BCUT2D eigenvalue weighted by Crippen LogP contribution is 2.36. The third kappa shape index (κ3) is 3.47. The van der Waals surface area contributed by atoms with Gasteiger partial charge in [-0.25, -0.2) is 0 Å². The van der Waals surface area contributed by atoms with Gasteiger partial charge in [-0.1, -0.05) is 32.9 Å². The SMILES string of the molecule is CCOc1ccc(C(NC)C(C)(C)CC)cc1. The first kappa shape index (κ1) is 14.0. The molecular formula is C15H25NO. The third-order valence-electron chi connectivity index (χ3n) is 3.51. The van der Waals surface area contributed by atoms with Crippen molar-refractivity contribution in [3.05, 3.63) is 29.8 Å². The summed E-state index contributed by atoms with van der Waals surface area (Å²) in [5.74, 6) is 0.945. The molecular weight excluding hydrogens is 210 g/mol. The van der Waals surface area contributed by atoms with Crippen LogP contribution in [0.2, 0.25) is 0 Å². The molecule has 0 fully saturated rings. The van der Waals surface area contributed by atoms with E-state index in [1.165, 1.54) is 5.56 Å². The van der Waals surface area contributed by atoms with Crippen molar-refractivity contribution < 1.29 is 4.74 Å². The largest absolute Gasteiger partial charge is 0.494 e. The van der Waals surface area contributed by atoms with Gasteiger partial charge in [0.1, 0.15) is 5.75 Å². The highest BCUT2D eigenvalue weighted by molar-refractivity contribution is 5.30. The van der Waals surface area contributed by atoms with E-state index < -0.39 is 0 Å². The van der Waals surface area contributed by atoms with Crippen LogP contribution in [0.1, 0.15) is 45.7 Å². The van der Waals surface area contributed by atoms with E-state index in [-0.39, 0.29) is 5.41 Å². The third-order valence-corrected chi connectivity index (χ3v) is 3.51. The lowest BCUT2D eigenvalue weighted by molar-refractivity contribution is 0.245. The number of hydrogen-bond donors (Lipinski definition) is 1. The molecule has 17 heavy (non-hydrogen) atoms. The summed E-state index contributed by atoms with van der Waals surface area (Å²) < 4.78 is 5.47. The molecule has 1 unspecified atom stereocenters. The van der Waals surface area contributed by atoms with Crippen molar-refractivity contribution in [3.8, 4) is 5.75 Å². The molecule has 1 N–H and O–H groups in total. The standard InChI is InChI=1S/C15H25NO/c1-6-15(3,4)14(16-5)12-8-10-13(11-9-12)17-7-2/h8-11,14,16H,6-7H2,1-5H3. The minimum Gasteiger partial charge on any atom is -0.494 e. The molecule has 0 saturated carbocycles. The first-order valence-electron chi connectivity index (χ1n) is 6.45. The summed E-state index contributed by atoms with van der Waals surface area (Å²) in [4.78, 5) is 0. The zero-order valence-corrected chi connectivity index (χ0v) is 11.7. The summed E-state index contributed by atoms with van der Waals surface area (Å²) in [6.07, 6.45) is 1.14. The number of nitrogens with one attached hydrogen (secondary N) is 1. The summed E-state index contributed by atoms with van der Waals surface area (Å²) in [5.41, 5.74) is 1.57. The van der Waals surface area contributed by atoms with Gasteiger partial charge in [-0.15, -0.1) is 0 Å². The van der Waals surface area contributed by atoms with Crippen molar-refractivity contribution in [2.45, 2.75) is 40.2 Å². The van der Waals surface area contributed by atoms with Crippen LogP contribution in [-0.2, 0) is 0 Å². The first-order chi connectivity index (χ1) is 8.05. The molecule has 2 nitrogen and oxygen atoms in total. The van der Waals surface area contributed by atoms with Gasteiger partial charge in [0.2, 0.25) is 0 Å². The number of rotatable bonds is 6. The van der Waals surface area contributed by atoms with Gasteiger partial charge >= 0.3 is 0 Å². The van der Waals surface area contributed by atoms with Crippen LogP contribution >= 0.6 is 0 Å². The number of ether oxygens (including phenoxy) is 1. The molecule has 0 aliphatic carbocycles. The Hall–Kier alpha value is -1.02. The molecule has 1 aromatic carbocycles. The van der Waals surface area contributed by atoms with E-state index in [9.17, 15) is 0 Å². The fraction of sp³-hybridized carbons (Fsp3) is 0.600. The van der Waals surface area contributed by atoms with Crippen LogP contribution in [0.4, 0.5) is 0 Å². The van der Waals surface area contributed by atoms with Crippen LogP contribution in [0.25, 0.3) is 0 Å². The number of benzene rings is 1. The normalized spacial score (nSPS) is 13.5. The molecule has 0 heterocycles. The molecule has 0 aliphatic heterocycles. The lowest BCUT2D eigenvalue weighted by Gasteiger charge is -2.33. The minimum atomic E-state index is 0.252. The van der Waals surface area contributed by atoms with Gasteiger partial charge in [-0.2, -0.15) is 0 Å². The van der Waals surface area contributed by atoms with E-state index >= 15 is 0 Å². The van der Waals surface area contributed by atoms with E-state index in [0.29, 0.717) is 6.04 Å². The fourth-order valence-electron chi connectivity index (χ4n) is 2.14. The second kappa shape index (κ2) is 6.06. The number of hydrogen-bond acceptors (Lipinski definition) is 2. The lowest BCUT2D eigenvalue weighted by Crippen LogP contribution is -2.31. The van der Waals surface area contributed by atoms with Crippen LogP contribution in [0.15, 0.2) is 24.3 Å². The molecule has 0 aliphatic rings. The van der Waals surface area contributed by atoms with Crippen molar-refractivity contribution in [2.24, 2.45) is 5.41 Å². The highest BCUT2D eigenvalue weighted by atomic mass is 16.5. The summed E-state index contributed by atoms with van der Waals surface area (Å²) in [6, 6.07) is 8.79. The topological polar surface area (TPSA) is 21.3 Å². The molecule has 0 amide bonds. The average molecular weight is 235 g/mol. The Morgan fingerprint density at radius 3 is 2.18 bits per heavy atom. The molecule has 0 bridgehead atoms. The monoisotopic (exact) mass is 235 g/mol. The second-order valence-corrected chi connectivity index (χ2v) is 5.07. The maximum absolute atomic E-state index is 5.47. The Labute approximate surface area is 105 Å². The Balaban J connectivity index is 2.89. The van der Waals surface area contributed by atoms with E-state index in [0.717, 1.165) is 18.8 Å². The van der Waals surface area contributed by atoms with Gasteiger partial charge in [0.15, 0.2) is 0 Å². The Kier molecular flexibility index (Phi) is 5.01. The van der Waals surface area contributed by atoms with Gasteiger partial charge in [-0.3, -0.25) is 0 Å². The van der Waals surface area contributed by atoms with E-state index in [4.69, 9.17) is 4.74 Å². The average Bonchev–Trinajstić information content (AvgIpc) is 2.32. The molecule has 1 rings (SSSR count). The summed E-state index contributed by atoms with van der Waals surface area (Å²) in [6.45, 7) is 9.55. The maximum atomic E-state index is 5.47. The van der Waals surface area contributed by atoms with Crippen molar-refractivity contribution in [1.82, 2.24) is 5.32 Å². The van der Waals surface area contributed by atoms with Gasteiger partial charge < -0.3 is 10.1 Å². The first-order valence-corrected chi connectivity index (χ1v) is 6.45. The smallest absolute Gasteiger partial charge is 0.119 e. The van der Waals surface area contributed by atoms with Crippen molar-refractivity contribution in [1.29, 1.82) is 0 Å². The van der Waals surface area contributed by atoms with Crippen LogP contribution in [0.3, 0.4) is 0 Å². The molecule has 0 saturated heterocycles. The Bertz CT molecular complexity index is 329. The zero-order valence-electron chi connectivity index (χ0n) is 11.7. The van der Waals surface area contributed by atoms with Crippen molar-refractivity contribution in [3.63, 3.8) is 0 Å². The van der Waals surface area contributed by atoms with Crippen LogP contribution in [0, 0.1) is 5.41 Å². The lowest BCUT2D eigenvalue weighted by atomic mass is 9.78. The molecule has 0 spiro atoms. The molecule has 0 aromatic heterocycles. The maximum Gasteiger partial charge on any atom is 0.119 e. The van der Waals surface area contributed by atoms with Crippen LogP contribution in [0.5, 0.6) is 5.75 Å². The summed E-state index contributed by atoms with van der Waals surface area (Å²) >= 11 is 0. The Morgan fingerprint density at radius 2 is 1.76 bits per heavy atom. The van der Waals surface area contributed by atoms with Crippen molar-refractivity contribution in [2.75, 3.05) is 13.7 Å². The summed E-state index contributed by atoms with van der Waals surface area (Å²) in [7, 11) is 2.03. The molecule has 1 aromatic rings. The van der Waals surface area contributed by atoms with Gasteiger partial charge in [0.05, 0.1) is 6.61 Å². The van der Waals surface area contributed by atoms with E-state index in [2.05, 4.69) is 50.4 Å². The fourth-order valence-corrected chi connectivity index (χ4v) is 2.14. The van der Waals surface area contributed by atoms with Crippen LogP contribution < -0.4 is 10.1 Å². The molecule has 2 heteroatoms. The molecule has 96 valence electrons. The quantitative estimate of drug-likeness (QED) is 0.810. The van der Waals surface area contributed by atoms with E-state index in [1.54, 1.807) is 0 Å². The Morgan fingerprint density at radius 1 is 1.18 bits per heavy atom. The second-order valence-electron chi connectivity index (χ2n) is 5.07. The highest BCUT2D eigenvalue weighted by Gasteiger charge is 2.27. The summed E-state index contributed by atoms with van der Waals surface area (Å²) in [5, 5.41) is 3.42. The molecule has 1 atom stereocenters. The van der Waals surface area contributed by atoms with Crippen molar-refractivity contribution >= 4 is 0 Å². The minimum absolute atomic E-state index is 0.252. The zero-order chi connectivity index (χ0) is 12.9. The molecule has 0 radical (unpaired) electrons. The predicted octanol–water partition coefficient (Wildman–Crippen LogP) is 3.78. The van der Waals surface area contributed by atoms with Gasteiger partial charge in [-0.05, 0) is 43.5 Å². The van der Waals surface area contributed by atoms with Gasteiger partial charge in [0, 0.05) is 6.04 Å². The van der Waals surface area contributed by atoms with E-state index in [1.807, 2.05) is 14.0 Å². The predicted molar refractivity (Wildman–Crippen MR) is 73.5 cm³/mol. The van der Waals surface area contributed by atoms with Crippen LogP contribution in [-0.4, -0.2) is 13.7 Å². The van der Waals surface area contributed by atoms with Gasteiger partial charge in [0.25, 0.3) is 0 Å².